The van der Waals surface area contributed by atoms with E-state index in [1.165, 1.54) is 58.9 Å². The molecule has 0 saturated carbocycles. The van der Waals surface area contributed by atoms with E-state index in [0.717, 1.165) is 19.4 Å². The van der Waals surface area contributed by atoms with Crippen molar-refractivity contribution in [3.63, 3.8) is 0 Å². The van der Waals surface area contributed by atoms with Crippen molar-refractivity contribution < 1.29 is 40.3 Å². The maximum atomic E-state index is 15.5. The number of nitrogens with one attached hydrogen (secondary N) is 3. The fourth-order valence-corrected chi connectivity index (χ4v) is 7.80. The second-order valence-corrected chi connectivity index (χ2v) is 14.1. The van der Waals surface area contributed by atoms with Crippen LogP contribution in [0.4, 0.5) is 28.0 Å². The maximum absolute atomic E-state index is 15.5. The van der Waals surface area contributed by atoms with Crippen LogP contribution in [-0.4, -0.2) is 68.5 Å². The smallest absolute Gasteiger partial charge is 0.417 e. The lowest BCUT2D eigenvalue weighted by Crippen LogP contribution is -2.53. The Morgan fingerprint density at radius 2 is 1.76 bits per heavy atom. The molecule has 0 spiro atoms. The molecule has 1 aromatic heterocycles. The van der Waals surface area contributed by atoms with Crippen LogP contribution in [0.2, 0.25) is 5.02 Å². The zero-order chi connectivity index (χ0) is 36.8. The number of benzene rings is 3. The number of alkyl halides is 3. The first-order valence-corrected chi connectivity index (χ1v) is 17.6. The highest BCUT2D eigenvalue weighted by molar-refractivity contribution is 7.89. The fraction of sp³-hybridized carbons (Fsp3) is 0.286. The van der Waals surface area contributed by atoms with Crippen molar-refractivity contribution >= 4 is 39.3 Å². The second-order valence-electron chi connectivity index (χ2n) is 11.7. The topological polar surface area (TPSA) is 130 Å². The number of anilines is 1. The third kappa shape index (κ3) is 9.03. The van der Waals surface area contributed by atoms with E-state index < -0.39 is 57.6 Å². The molecule has 10 nitrogen and oxygen atoms in total. The molecule has 1 aliphatic heterocycles. The van der Waals surface area contributed by atoms with Gasteiger partial charge in [-0.1, -0.05) is 48.0 Å². The number of alkyl carbamates (subject to hydrolysis) is 1. The Morgan fingerprint density at radius 3 is 2.45 bits per heavy atom. The molecule has 5 rings (SSSR count). The lowest BCUT2D eigenvalue weighted by atomic mass is 9.84. The molecule has 2 heterocycles. The van der Waals surface area contributed by atoms with E-state index in [0.29, 0.717) is 29.9 Å². The van der Waals surface area contributed by atoms with Gasteiger partial charge in [-0.25, -0.2) is 17.6 Å². The molecule has 3 unspecified atom stereocenters. The van der Waals surface area contributed by atoms with Crippen molar-refractivity contribution in [1.82, 2.24) is 19.9 Å². The Morgan fingerprint density at radius 1 is 1.04 bits per heavy atom. The van der Waals surface area contributed by atoms with Gasteiger partial charge >= 0.3 is 12.3 Å². The summed E-state index contributed by atoms with van der Waals surface area (Å²) < 4.78 is 89.9. The van der Waals surface area contributed by atoms with E-state index in [9.17, 15) is 31.2 Å². The summed E-state index contributed by atoms with van der Waals surface area (Å²) in [7, 11) is -2.81. The van der Waals surface area contributed by atoms with Crippen LogP contribution in [0.1, 0.15) is 34.6 Å². The van der Waals surface area contributed by atoms with E-state index in [4.69, 9.17) is 16.3 Å². The van der Waals surface area contributed by atoms with Crippen LogP contribution in [-0.2, 0) is 32.2 Å². The summed E-state index contributed by atoms with van der Waals surface area (Å²) in [5.74, 6) is -2.83. The van der Waals surface area contributed by atoms with Crippen molar-refractivity contribution in [2.45, 2.75) is 41.9 Å². The molecule has 1 saturated heterocycles. The first kappa shape index (κ1) is 37.7. The van der Waals surface area contributed by atoms with Gasteiger partial charge in [-0.2, -0.15) is 17.5 Å². The summed E-state index contributed by atoms with van der Waals surface area (Å²) in [6.45, 7) is 0.926. The van der Waals surface area contributed by atoms with Crippen LogP contribution in [0.15, 0.2) is 96.2 Å². The molecule has 1 aliphatic rings. The van der Waals surface area contributed by atoms with Crippen LogP contribution in [0.3, 0.4) is 0 Å². The quantitative estimate of drug-likeness (QED) is 0.161. The first-order valence-electron chi connectivity index (χ1n) is 15.8. The van der Waals surface area contributed by atoms with E-state index in [2.05, 4.69) is 20.9 Å². The largest absolute Gasteiger partial charge is 0.453 e. The molecule has 4 aromatic rings. The molecular weight excluding hydrogens is 714 g/mol. The number of amides is 2. The number of hydrogen-bond donors (Lipinski definition) is 3. The standard InChI is InChI=1S/C35H34ClF4N5O5S/c1-50-34(47)44-32(31(22-10-12-25(36)13-11-22)23-18-24(20-42-19-23)35(38,39)40)33(46)43-30-9-5-8-29(37)28(30)15-14-26-21-41-16-17-45(26)51(48,49)27-6-3-2-4-7-27/h2-13,18-20,26,31-32,41H,14-17,21H2,1H3,(H,43,46)(H,44,47). The van der Waals surface area contributed by atoms with Gasteiger partial charge in [0.05, 0.1) is 17.6 Å². The van der Waals surface area contributed by atoms with E-state index >= 15 is 4.39 Å². The number of ether oxygens (including phenoxy) is 1. The minimum absolute atomic E-state index is 0.00268. The van der Waals surface area contributed by atoms with Gasteiger partial charge in [-0.15, -0.1) is 0 Å². The van der Waals surface area contributed by atoms with Crippen LogP contribution < -0.4 is 16.0 Å². The highest BCUT2D eigenvalue weighted by Crippen LogP contribution is 2.35. The summed E-state index contributed by atoms with van der Waals surface area (Å²) in [6, 6.07) is 16.6. The SMILES string of the molecule is COC(=O)NC(C(=O)Nc1cccc(F)c1CCC1CNCCN1S(=O)(=O)c1ccccc1)C(c1ccc(Cl)cc1)c1cncc(C(F)(F)F)c1. The third-order valence-corrected chi connectivity index (χ3v) is 10.7. The Balaban J connectivity index is 1.47. The molecule has 3 aromatic carbocycles. The molecule has 0 radical (unpaired) electrons. The van der Waals surface area contributed by atoms with Crippen LogP contribution in [0.5, 0.6) is 0 Å². The molecule has 270 valence electrons. The number of nitrogens with zero attached hydrogens (tertiary/aromatic N) is 2. The second kappa shape index (κ2) is 16.2. The molecule has 3 atom stereocenters. The van der Waals surface area contributed by atoms with Crippen molar-refractivity contribution in [2.24, 2.45) is 0 Å². The van der Waals surface area contributed by atoms with Crippen molar-refractivity contribution in [3.8, 4) is 0 Å². The summed E-state index contributed by atoms with van der Waals surface area (Å²) in [5.41, 5.74) is -0.748. The Hall–Kier alpha value is -4.57. The number of rotatable bonds is 11. The zero-order valence-corrected chi connectivity index (χ0v) is 28.7. The van der Waals surface area contributed by atoms with E-state index in [1.54, 1.807) is 18.2 Å². The number of aromatic nitrogens is 1. The average molecular weight is 748 g/mol. The summed E-state index contributed by atoms with van der Waals surface area (Å²) in [6.07, 6.45) is -3.86. The molecule has 2 amide bonds. The monoisotopic (exact) mass is 747 g/mol. The number of carbonyl (C=O) groups excluding carboxylic acids is 2. The number of methoxy groups -OCH3 is 1. The molecule has 0 bridgehead atoms. The predicted molar refractivity (Wildman–Crippen MR) is 182 cm³/mol. The van der Waals surface area contributed by atoms with Crippen LogP contribution in [0, 0.1) is 5.82 Å². The van der Waals surface area contributed by atoms with Crippen LogP contribution in [0.25, 0.3) is 0 Å². The normalized spacial score (nSPS) is 16.5. The van der Waals surface area contributed by atoms with Crippen molar-refractivity contribution in [2.75, 3.05) is 32.1 Å². The van der Waals surface area contributed by atoms with Crippen LogP contribution >= 0.6 is 11.6 Å². The van der Waals surface area contributed by atoms with Gasteiger partial charge in [0, 0.05) is 60.3 Å². The lowest BCUT2D eigenvalue weighted by Gasteiger charge is -2.35. The Labute approximate surface area is 297 Å². The van der Waals surface area contributed by atoms with Gasteiger partial charge in [0.25, 0.3) is 0 Å². The summed E-state index contributed by atoms with van der Waals surface area (Å²) in [4.78, 5) is 30.6. The van der Waals surface area contributed by atoms with Crippen molar-refractivity contribution in [1.29, 1.82) is 0 Å². The van der Waals surface area contributed by atoms with Gasteiger partial charge in [-0.3, -0.25) is 9.78 Å². The molecule has 1 fully saturated rings. The highest BCUT2D eigenvalue weighted by atomic mass is 35.5. The third-order valence-electron chi connectivity index (χ3n) is 8.50. The van der Waals surface area contributed by atoms with E-state index in [1.807, 2.05) is 0 Å². The molecular formula is C35H34ClF4N5O5S. The molecule has 0 aliphatic carbocycles. The van der Waals surface area contributed by atoms with Gasteiger partial charge in [-0.05, 0) is 66.4 Å². The first-order chi connectivity index (χ1) is 24.3. The van der Waals surface area contributed by atoms with Gasteiger partial charge < -0.3 is 20.7 Å². The minimum Gasteiger partial charge on any atom is -0.453 e. The zero-order valence-electron chi connectivity index (χ0n) is 27.2. The summed E-state index contributed by atoms with van der Waals surface area (Å²) in [5, 5.41) is 8.56. The average Bonchev–Trinajstić information content (AvgIpc) is 3.12. The Kier molecular flexibility index (Phi) is 12.0. The lowest BCUT2D eigenvalue weighted by molar-refractivity contribution is -0.137. The fourth-order valence-electron chi connectivity index (χ4n) is 6.00. The molecule has 51 heavy (non-hydrogen) atoms. The Bertz CT molecular complexity index is 1950. The van der Waals surface area contributed by atoms with E-state index in [-0.39, 0.29) is 41.1 Å². The number of hydrogen-bond acceptors (Lipinski definition) is 7. The van der Waals surface area contributed by atoms with Gasteiger partial charge in [0.2, 0.25) is 15.9 Å². The summed E-state index contributed by atoms with van der Waals surface area (Å²) >= 11 is 6.08. The van der Waals surface area contributed by atoms with Crippen molar-refractivity contribution in [3.05, 3.63) is 124 Å². The number of halogens is 5. The van der Waals surface area contributed by atoms with Gasteiger partial charge in [0.15, 0.2) is 0 Å². The number of pyridine rings is 1. The minimum atomic E-state index is -4.76. The maximum Gasteiger partial charge on any atom is 0.417 e. The molecule has 3 N–H and O–H groups in total. The predicted octanol–water partition coefficient (Wildman–Crippen LogP) is 5.98. The number of piperazine rings is 1. The number of carbonyl (C=O) groups is 2. The van der Waals surface area contributed by atoms with Gasteiger partial charge in [0.1, 0.15) is 11.9 Å². The highest BCUT2D eigenvalue weighted by Gasteiger charge is 2.37. The number of sulfonamides is 1. The molecule has 16 heteroatoms.